The number of para-hydroxylation sites is 1. The number of nitrogens with zero attached hydrogens (tertiary/aromatic N) is 4. The van der Waals surface area contributed by atoms with Gasteiger partial charge in [-0.3, -0.25) is 0 Å². The quantitative estimate of drug-likeness (QED) is 0.737. The summed E-state index contributed by atoms with van der Waals surface area (Å²) in [6.07, 6.45) is 1.33. The van der Waals surface area contributed by atoms with Crippen molar-refractivity contribution in [1.29, 1.82) is 0 Å². The third-order valence-electron chi connectivity index (χ3n) is 2.44. The van der Waals surface area contributed by atoms with E-state index in [0.29, 0.717) is 11.6 Å². The maximum atomic E-state index is 13.7. The molecule has 3 aromatic rings. The maximum absolute atomic E-state index is 13.7. The average molecular weight is 298 g/mol. The van der Waals surface area contributed by atoms with Crippen LogP contribution in [0.25, 0.3) is 5.78 Å². The Morgan fingerprint density at radius 2 is 2.11 bits per heavy atom. The third kappa shape index (κ3) is 2.20. The Labute approximate surface area is 117 Å². The molecule has 0 saturated heterocycles. The van der Waals surface area contributed by atoms with Crippen LogP contribution in [-0.4, -0.2) is 19.6 Å². The summed E-state index contributed by atoms with van der Waals surface area (Å²) in [6, 6.07) is 5.91. The zero-order valence-corrected chi connectivity index (χ0v) is 10.8. The maximum Gasteiger partial charge on any atom is 0.255 e. The van der Waals surface area contributed by atoms with Crippen molar-refractivity contribution in [2.45, 2.75) is 0 Å². The number of hydrogen-bond donors (Lipinski definition) is 1. The van der Waals surface area contributed by atoms with Gasteiger partial charge in [-0.2, -0.15) is 19.6 Å². The molecule has 0 bridgehead atoms. The van der Waals surface area contributed by atoms with E-state index >= 15 is 0 Å². The summed E-state index contributed by atoms with van der Waals surface area (Å²) in [4.78, 5) is 7.89. The molecular formula is C11H6Cl2FN5. The van der Waals surface area contributed by atoms with E-state index in [0.717, 1.165) is 0 Å². The molecule has 96 valence electrons. The second kappa shape index (κ2) is 4.64. The first-order valence-corrected chi connectivity index (χ1v) is 5.98. The fraction of sp³-hybridized carbons (Fsp3) is 0. The van der Waals surface area contributed by atoms with Crippen molar-refractivity contribution in [1.82, 2.24) is 19.6 Å². The Bertz CT molecular complexity index is 738. The molecule has 0 fully saturated rings. The van der Waals surface area contributed by atoms with Gasteiger partial charge in [0.25, 0.3) is 5.78 Å². The fourth-order valence-corrected chi connectivity index (χ4v) is 2.01. The van der Waals surface area contributed by atoms with Crippen molar-refractivity contribution in [2.24, 2.45) is 0 Å². The molecule has 8 heteroatoms. The molecule has 2 aromatic heterocycles. The second-order valence-corrected chi connectivity index (χ2v) is 4.45. The first kappa shape index (κ1) is 12.1. The third-order valence-corrected chi connectivity index (χ3v) is 2.95. The van der Waals surface area contributed by atoms with Crippen LogP contribution in [0.15, 0.2) is 30.6 Å². The van der Waals surface area contributed by atoms with Gasteiger partial charge in [-0.1, -0.05) is 29.3 Å². The summed E-state index contributed by atoms with van der Waals surface area (Å²) in [5.41, 5.74) is 0.142. The molecular weight excluding hydrogens is 292 g/mol. The Kier molecular flexibility index (Phi) is 2.96. The van der Waals surface area contributed by atoms with Crippen molar-refractivity contribution in [3.63, 3.8) is 0 Å². The van der Waals surface area contributed by atoms with Gasteiger partial charge in [-0.25, -0.2) is 4.39 Å². The normalized spacial score (nSPS) is 10.9. The lowest BCUT2D eigenvalue weighted by Crippen LogP contribution is -2.03. The molecule has 0 radical (unpaired) electrons. The monoisotopic (exact) mass is 297 g/mol. The molecule has 0 aliphatic carbocycles. The zero-order valence-electron chi connectivity index (χ0n) is 9.31. The number of rotatable bonds is 2. The number of halogens is 3. The van der Waals surface area contributed by atoms with Crippen LogP contribution in [0.3, 0.4) is 0 Å². The van der Waals surface area contributed by atoms with Gasteiger partial charge in [0.15, 0.2) is 0 Å². The van der Waals surface area contributed by atoms with Crippen LogP contribution in [0.4, 0.5) is 15.9 Å². The van der Waals surface area contributed by atoms with Crippen molar-refractivity contribution in [2.75, 3.05) is 5.32 Å². The Hall–Kier alpha value is -1.92. The Morgan fingerprint density at radius 3 is 2.89 bits per heavy atom. The van der Waals surface area contributed by atoms with E-state index in [1.54, 1.807) is 6.07 Å². The second-order valence-electron chi connectivity index (χ2n) is 3.66. The minimum atomic E-state index is -0.478. The molecule has 0 aliphatic heterocycles. The predicted molar refractivity (Wildman–Crippen MR) is 70.5 cm³/mol. The van der Waals surface area contributed by atoms with Crippen molar-refractivity contribution in [3.8, 4) is 0 Å². The molecule has 0 aliphatic rings. The lowest BCUT2D eigenvalue weighted by Gasteiger charge is -2.10. The lowest BCUT2D eigenvalue weighted by molar-refractivity contribution is 0.631. The highest BCUT2D eigenvalue weighted by Gasteiger charge is 2.11. The van der Waals surface area contributed by atoms with Gasteiger partial charge in [0, 0.05) is 6.07 Å². The molecule has 0 saturated carbocycles. The van der Waals surface area contributed by atoms with Crippen LogP contribution in [0.5, 0.6) is 0 Å². The molecule has 2 heterocycles. The molecule has 1 N–H and O–H groups in total. The van der Waals surface area contributed by atoms with E-state index in [-0.39, 0.29) is 15.9 Å². The first-order valence-electron chi connectivity index (χ1n) is 5.22. The number of anilines is 2. The van der Waals surface area contributed by atoms with E-state index in [1.807, 2.05) is 0 Å². The van der Waals surface area contributed by atoms with Gasteiger partial charge in [0.1, 0.15) is 23.1 Å². The van der Waals surface area contributed by atoms with E-state index in [1.165, 1.54) is 29.0 Å². The van der Waals surface area contributed by atoms with Gasteiger partial charge in [0.2, 0.25) is 0 Å². The van der Waals surface area contributed by atoms with Crippen LogP contribution in [0.2, 0.25) is 10.2 Å². The lowest BCUT2D eigenvalue weighted by atomic mass is 10.3. The number of benzene rings is 1. The first-order chi connectivity index (χ1) is 9.15. The minimum absolute atomic E-state index is 0.142. The molecule has 1 aromatic carbocycles. The standard InChI is InChI=1S/C11H6Cl2FN5/c12-6-2-1-3-7(14)10(6)18-9-4-8(13)17-11-15-5-16-19(9)11/h1-5,18H. The highest BCUT2D eigenvalue weighted by atomic mass is 35.5. The highest BCUT2D eigenvalue weighted by Crippen LogP contribution is 2.28. The van der Waals surface area contributed by atoms with Crippen LogP contribution in [-0.2, 0) is 0 Å². The smallest absolute Gasteiger partial charge is 0.255 e. The van der Waals surface area contributed by atoms with Crippen LogP contribution < -0.4 is 5.32 Å². The van der Waals surface area contributed by atoms with Gasteiger partial charge < -0.3 is 5.32 Å². The SMILES string of the molecule is Fc1cccc(Cl)c1Nc1cc(Cl)nc2ncnn12. The fourth-order valence-electron chi connectivity index (χ4n) is 1.62. The van der Waals surface area contributed by atoms with Crippen molar-refractivity contribution < 1.29 is 4.39 Å². The molecule has 0 spiro atoms. The van der Waals surface area contributed by atoms with Crippen molar-refractivity contribution >= 4 is 40.5 Å². The van der Waals surface area contributed by atoms with Crippen LogP contribution >= 0.6 is 23.2 Å². The minimum Gasteiger partial charge on any atom is -0.336 e. The van der Waals surface area contributed by atoms with E-state index in [9.17, 15) is 4.39 Å². The Morgan fingerprint density at radius 1 is 1.26 bits per heavy atom. The van der Waals surface area contributed by atoms with Gasteiger partial charge in [0.05, 0.1) is 10.7 Å². The summed E-state index contributed by atoms with van der Waals surface area (Å²) in [6.45, 7) is 0. The van der Waals surface area contributed by atoms with E-state index < -0.39 is 5.82 Å². The summed E-state index contributed by atoms with van der Waals surface area (Å²) < 4.78 is 15.1. The summed E-state index contributed by atoms with van der Waals surface area (Å²) in [5.74, 6) is 0.246. The molecule has 0 atom stereocenters. The van der Waals surface area contributed by atoms with Gasteiger partial charge in [-0.15, -0.1) is 0 Å². The molecule has 0 unspecified atom stereocenters. The molecule has 0 amide bonds. The summed E-state index contributed by atoms with van der Waals surface area (Å²) >= 11 is 11.8. The summed E-state index contributed by atoms with van der Waals surface area (Å²) in [5, 5.41) is 7.28. The number of aromatic nitrogens is 4. The van der Waals surface area contributed by atoms with Crippen LogP contribution in [0, 0.1) is 5.82 Å². The number of nitrogens with one attached hydrogen (secondary N) is 1. The highest BCUT2D eigenvalue weighted by molar-refractivity contribution is 6.33. The van der Waals surface area contributed by atoms with Crippen molar-refractivity contribution in [3.05, 3.63) is 46.6 Å². The predicted octanol–water partition coefficient (Wildman–Crippen LogP) is 3.31. The topological polar surface area (TPSA) is 55.1 Å². The molecule has 19 heavy (non-hydrogen) atoms. The number of hydrogen-bond acceptors (Lipinski definition) is 4. The van der Waals surface area contributed by atoms with Gasteiger partial charge in [-0.05, 0) is 12.1 Å². The van der Waals surface area contributed by atoms with Gasteiger partial charge >= 0.3 is 0 Å². The number of fused-ring (bicyclic) bond motifs is 1. The average Bonchev–Trinajstić information content (AvgIpc) is 2.81. The zero-order chi connectivity index (χ0) is 13.4. The molecule has 3 rings (SSSR count). The summed E-state index contributed by atoms with van der Waals surface area (Å²) in [7, 11) is 0. The molecule has 5 nitrogen and oxygen atoms in total. The van der Waals surface area contributed by atoms with E-state index in [4.69, 9.17) is 23.2 Å². The Balaban J connectivity index is 2.13. The van der Waals surface area contributed by atoms with E-state index in [2.05, 4.69) is 20.4 Å². The largest absolute Gasteiger partial charge is 0.336 e. The van der Waals surface area contributed by atoms with Crippen LogP contribution in [0.1, 0.15) is 0 Å².